The van der Waals surface area contributed by atoms with Gasteiger partial charge in [0.05, 0.1) is 0 Å². The van der Waals surface area contributed by atoms with Crippen LogP contribution < -0.4 is 5.73 Å². The van der Waals surface area contributed by atoms with Crippen molar-refractivity contribution in [2.24, 2.45) is 17.6 Å². The van der Waals surface area contributed by atoms with E-state index in [1.54, 1.807) is 0 Å². The van der Waals surface area contributed by atoms with Crippen molar-refractivity contribution in [1.29, 1.82) is 0 Å². The van der Waals surface area contributed by atoms with Crippen molar-refractivity contribution in [3.05, 3.63) is 34.9 Å². The Kier molecular flexibility index (Phi) is 4.55. The molecular weight excluding hydrogens is 194 g/mol. The number of aryl methyl sites for hydroxylation is 2. The molecule has 16 heavy (non-hydrogen) atoms. The summed E-state index contributed by atoms with van der Waals surface area (Å²) in [4.78, 5) is 0. The van der Waals surface area contributed by atoms with Crippen LogP contribution in [0.5, 0.6) is 0 Å². The van der Waals surface area contributed by atoms with Crippen LogP contribution in [0.1, 0.15) is 37.5 Å². The first-order valence-electron chi connectivity index (χ1n) is 6.24. The molecule has 0 amide bonds. The summed E-state index contributed by atoms with van der Waals surface area (Å²) in [5, 5.41) is 0. The zero-order valence-corrected chi connectivity index (χ0v) is 11.2. The van der Waals surface area contributed by atoms with Crippen LogP contribution >= 0.6 is 0 Å². The highest BCUT2D eigenvalue weighted by Gasteiger charge is 2.17. The summed E-state index contributed by atoms with van der Waals surface area (Å²) < 4.78 is 0. The van der Waals surface area contributed by atoms with E-state index < -0.39 is 0 Å². The molecular formula is C15H25N. The van der Waals surface area contributed by atoms with E-state index in [0.29, 0.717) is 11.8 Å². The maximum absolute atomic E-state index is 6.29. The van der Waals surface area contributed by atoms with Gasteiger partial charge in [0, 0.05) is 6.04 Å². The lowest BCUT2D eigenvalue weighted by Gasteiger charge is -2.24. The summed E-state index contributed by atoms with van der Waals surface area (Å²) in [6, 6.07) is 6.73. The quantitative estimate of drug-likeness (QED) is 0.824. The Bertz CT molecular complexity index is 321. The molecule has 0 saturated carbocycles. The molecule has 90 valence electrons. The summed E-state index contributed by atoms with van der Waals surface area (Å²) in [7, 11) is 0. The van der Waals surface area contributed by atoms with Gasteiger partial charge in [-0.3, -0.25) is 0 Å². The summed E-state index contributed by atoms with van der Waals surface area (Å²) >= 11 is 0. The highest BCUT2D eigenvalue weighted by Crippen LogP contribution is 2.20. The molecule has 0 saturated heterocycles. The van der Waals surface area contributed by atoms with Crippen molar-refractivity contribution >= 4 is 0 Å². The summed E-state index contributed by atoms with van der Waals surface area (Å²) in [5.41, 5.74) is 10.5. The van der Waals surface area contributed by atoms with Gasteiger partial charge in [-0.2, -0.15) is 0 Å². The first-order valence-corrected chi connectivity index (χ1v) is 6.24. The molecule has 0 aromatic heterocycles. The van der Waals surface area contributed by atoms with Crippen LogP contribution in [0.25, 0.3) is 0 Å². The van der Waals surface area contributed by atoms with E-state index in [1.807, 2.05) is 0 Å². The number of rotatable bonds is 4. The van der Waals surface area contributed by atoms with E-state index in [1.165, 1.54) is 16.7 Å². The monoisotopic (exact) mass is 219 g/mol. The Morgan fingerprint density at radius 1 is 1.06 bits per heavy atom. The molecule has 2 unspecified atom stereocenters. The van der Waals surface area contributed by atoms with E-state index in [0.717, 1.165) is 6.42 Å². The van der Waals surface area contributed by atoms with Crippen LogP contribution in [0.15, 0.2) is 18.2 Å². The van der Waals surface area contributed by atoms with E-state index in [9.17, 15) is 0 Å². The Hall–Kier alpha value is -0.820. The first kappa shape index (κ1) is 13.2. The van der Waals surface area contributed by atoms with Gasteiger partial charge in [-0.15, -0.1) is 0 Å². The Morgan fingerprint density at radius 2 is 1.56 bits per heavy atom. The van der Waals surface area contributed by atoms with Crippen LogP contribution in [-0.2, 0) is 6.42 Å². The molecule has 0 bridgehead atoms. The van der Waals surface area contributed by atoms with Crippen LogP contribution in [0, 0.1) is 25.7 Å². The normalized spacial score (nSPS) is 15.2. The fourth-order valence-electron chi connectivity index (χ4n) is 2.09. The first-order chi connectivity index (χ1) is 7.43. The van der Waals surface area contributed by atoms with Gasteiger partial charge < -0.3 is 5.73 Å². The van der Waals surface area contributed by atoms with Crippen LogP contribution in [0.2, 0.25) is 0 Å². The second-order valence-electron chi connectivity index (χ2n) is 5.34. The second-order valence-corrected chi connectivity index (χ2v) is 5.34. The third-order valence-corrected chi connectivity index (χ3v) is 3.81. The lowest BCUT2D eigenvalue weighted by molar-refractivity contribution is 0.344. The van der Waals surface area contributed by atoms with E-state index in [2.05, 4.69) is 52.8 Å². The minimum Gasteiger partial charge on any atom is -0.327 e. The van der Waals surface area contributed by atoms with E-state index >= 15 is 0 Å². The lowest BCUT2D eigenvalue weighted by Crippen LogP contribution is -2.33. The van der Waals surface area contributed by atoms with Gasteiger partial charge in [0.2, 0.25) is 0 Å². The van der Waals surface area contributed by atoms with Gasteiger partial charge in [-0.1, -0.05) is 39.0 Å². The molecule has 0 radical (unpaired) electrons. The predicted molar refractivity (Wildman–Crippen MR) is 71.6 cm³/mol. The smallest absolute Gasteiger partial charge is 0.0108 e. The van der Waals surface area contributed by atoms with Crippen molar-refractivity contribution in [3.8, 4) is 0 Å². The molecule has 1 aromatic rings. The van der Waals surface area contributed by atoms with Gasteiger partial charge in [0.25, 0.3) is 0 Å². The van der Waals surface area contributed by atoms with Gasteiger partial charge in [-0.25, -0.2) is 0 Å². The molecule has 2 N–H and O–H groups in total. The summed E-state index contributed by atoms with van der Waals surface area (Å²) in [5.74, 6) is 1.22. The molecule has 1 rings (SSSR count). The topological polar surface area (TPSA) is 26.0 Å². The number of hydrogen-bond acceptors (Lipinski definition) is 1. The molecule has 1 nitrogen and oxygen atoms in total. The molecule has 0 spiro atoms. The third kappa shape index (κ3) is 3.08. The maximum Gasteiger partial charge on any atom is 0.0108 e. The predicted octanol–water partition coefficient (Wildman–Crippen LogP) is 3.47. The SMILES string of the molecule is Cc1cccc(C)c1CC(N)C(C)C(C)C. The highest BCUT2D eigenvalue weighted by molar-refractivity contribution is 5.34. The molecule has 0 heterocycles. The molecule has 0 aliphatic carbocycles. The zero-order valence-electron chi connectivity index (χ0n) is 11.2. The average molecular weight is 219 g/mol. The molecule has 1 heteroatoms. The van der Waals surface area contributed by atoms with Gasteiger partial charge >= 0.3 is 0 Å². The standard InChI is InChI=1S/C15H25N/c1-10(2)13(5)15(16)9-14-11(3)7-6-8-12(14)4/h6-8,10,13,15H,9,16H2,1-5H3. The fourth-order valence-corrected chi connectivity index (χ4v) is 2.09. The van der Waals surface area contributed by atoms with Crippen LogP contribution in [-0.4, -0.2) is 6.04 Å². The molecule has 2 atom stereocenters. The summed E-state index contributed by atoms with van der Waals surface area (Å²) in [6.45, 7) is 11.1. The van der Waals surface area contributed by atoms with Crippen LogP contribution in [0.3, 0.4) is 0 Å². The van der Waals surface area contributed by atoms with Crippen molar-refractivity contribution in [3.63, 3.8) is 0 Å². The molecule has 0 fully saturated rings. The molecule has 1 aromatic carbocycles. The van der Waals surface area contributed by atoms with Gasteiger partial charge in [0.15, 0.2) is 0 Å². The summed E-state index contributed by atoms with van der Waals surface area (Å²) in [6.07, 6.45) is 0.998. The van der Waals surface area contributed by atoms with E-state index in [4.69, 9.17) is 5.73 Å². The third-order valence-electron chi connectivity index (χ3n) is 3.81. The largest absolute Gasteiger partial charge is 0.327 e. The average Bonchev–Trinajstić information content (AvgIpc) is 2.22. The number of hydrogen-bond donors (Lipinski definition) is 1. The Balaban J connectivity index is 2.80. The second kappa shape index (κ2) is 5.49. The number of nitrogens with two attached hydrogens (primary N) is 1. The van der Waals surface area contributed by atoms with Crippen LogP contribution in [0.4, 0.5) is 0 Å². The van der Waals surface area contributed by atoms with Gasteiger partial charge in [-0.05, 0) is 48.8 Å². The Morgan fingerprint density at radius 3 is 2.00 bits per heavy atom. The maximum atomic E-state index is 6.29. The van der Waals surface area contributed by atoms with E-state index in [-0.39, 0.29) is 6.04 Å². The molecule has 0 aliphatic rings. The minimum atomic E-state index is 0.264. The lowest BCUT2D eigenvalue weighted by atomic mass is 9.85. The fraction of sp³-hybridized carbons (Fsp3) is 0.600. The minimum absolute atomic E-state index is 0.264. The molecule has 0 aliphatic heterocycles. The highest BCUT2D eigenvalue weighted by atomic mass is 14.6. The Labute approximate surface area is 100 Å². The van der Waals surface area contributed by atoms with Crippen molar-refractivity contribution in [2.75, 3.05) is 0 Å². The number of benzene rings is 1. The zero-order chi connectivity index (χ0) is 12.3. The van der Waals surface area contributed by atoms with Crippen molar-refractivity contribution in [2.45, 2.75) is 47.1 Å². The van der Waals surface area contributed by atoms with Crippen molar-refractivity contribution in [1.82, 2.24) is 0 Å². The van der Waals surface area contributed by atoms with Gasteiger partial charge in [0.1, 0.15) is 0 Å². The van der Waals surface area contributed by atoms with Crippen molar-refractivity contribution < 1.29 is 0 Å².